The van der Waals surface area contributed by atoms with Crippen molar-refractivity contribution in [2.24, 2.45) is 0 Å². The van der Waals surface area contributed by atoms with E-state index in [2.05, 4.69) is 185 Å². The first-order valence-corrected chi connectivity index (χ1v) is 19.7. The Bertz CT molecular complexity index is 2960. The van der Waals surface area contributed by atoms with Crippen LogP contribution in [0.4, 0.5) is 17.1 Å². The van der Waals surface area contributed by atoms with E-state index in [9.17, 15) is 0 Å². The van der Waals surface area contributed by atoms with Gasteiger partial charge in [-0.15, -0.1) is 0 Å². The highest BCUT2D eigenvalue weighted by molar-refractivity contribution is 6.20. The highest BCUT2D eigenvalue weighted by atomic mass is 16.3. The third-order valence-electron chi connectivity index (χ3n) is 12.0. The maximum atomic E-state index is 6.84. The predicted octanol–water partition coefficient (Wildman–Crippen LogP) is 15.0. The molecular formula is C52H40N2O. The molecule has 0 bridgehead atoms. The molecule has 8 aromatic carbocycles. The molecule has 3 heteroatoms. The van der Waals surface area contributed by atoms with Gasteiger partial charge in [0.15, 0.2) is 0 Å². The predicted molar refractivity (Wildman–Crippen MR) is 232 cm³/mol. The first-order valence-electron chi connectivity index (χ1n) is 19.7. The van der Waals surface area contributed by atoms with E-state index in [1.54, 1.807) is 0 Å². The van der Waals surface area contributed by atoms with Gasteiger partial charge in [-0.05, 0) is 90.0 Å². The second-order valence-electron chi connectivity index (χ2n) is 15.1. The van der Waals surface area contributed by atoms with Crippen LogP contribution in [0.5, 0.6) is 0 Å². The van der Waals surface area contributed by atoms with Crippen LogP contribution in [-0.2, 0) is 0 Å². The summed E-state index contributed by atoms with van der Waals surface area (Å²) < 4.78 is 9.25. The number of furan rings is 1. The molecule has 3 nitrogen and oxygen atoms in total. The lowest BCUT2D eigenvalue weighted by molar-refractivity contribution is 0.445. The van der Waals surface area contributed by atoms with Gasteiger partial charge in [0.1, 0.15) is 11.2 Å². The van der Waals surface area contributed by atoms with Crippen LogP contribution in [0.1, 0.15) is 43.6 Å². The minimum atomic E-state index is 0.553. The van der Waals surface area contributed by atoms with Crippen LogP contribution in [0.25, 0.3) is 71.3 Å². The van der Waals surface area contributed by atoms with Crippen LogP contribution in [0.3, 0.4) is 0 Å². The van der Waals surface area contributed by atoms with E-state index >= 15 is 0 Å². The fourth-order valence-corrected chi connectivity index (χ4v) is 9.43. The lowest BCUT2D eigenvalue weighted by Gasteiger charge is -2.28. The largest absolute Gasteiger partial charge is 0.455 e. The Hall–Kier alpha value is -6.58. The van der Waals surface area contributed by atoms with Gasteiger partial charge in [-0.1, -0.05) is 141 Å². The van der Waals surface area contributed by atoms with Gasteiger partial charge < -0.3 is 13.9 Å². The van der Waals surface area contributed by atoms with E-state index in [-0.39, 0.29) is 0 Å². The Balaban J connectivity index is 1.17. The molecule has 1 saturated carbocycles. The SMILES string of the molecule is c1ccc(-c2ccc(N(c3cccc(-n4c5ccccc5c5ccccc54)c3)c3cc4c(oc5cccc(C6CCCCC6)c54)c4ccccc34)cc2)cc1. The summed E-state index contributed by atoms with van der Waals surface area (Å²) in [5, 5.41) is 7.26. The van der Waals surface area contributed by atoms with E-state index in [1.807, 2.05) is 0 Å². The maximum absolute atomic E-state index is 6.84. The van der Waals surface area contributed by atoms with Crippen molar-refractivity contribution in [1.29, 1.82) is 0 Å². The summed E-state index contributed by atoms with van der Waals surface area (Å²) in [5.41, 5.74) is 12.6. The molecule has 0 N–H and O–H groups in total. The number of rotatable bonds is 6. The molecular weight excluding hydrogens is 669 g/mol. The first kappa shape index (κ1) is 31.9. The van der Waals surface area contributed by atoms with E-state index in [0.29, 0.717) is 5.92 Å². The maximum Gasteiger partial charge on any atom is 0.143 e. The van der Waals surface area contributed by atoms with Gasteiger partial charge >= 0.3 is 0 Å². The van der Waals surface area contributed by atoms with Crippen LogP contribution >= 0.6 is 0 Å². The fraction of sp³-hybridized carbons (Fsp3) is 0.115. The summed E-state index contributed by atoms with van der Waals surface area (Å²) in [7, 11) is 0. The number of anilines is 3. The molecule has 10 aromatic rings. The third kappa shape index (κ3) is 5.26. The molecule has 11 rings (SSSR count). The van der Waals surface area contributed by atoms with Crippen molar-refractivity contribution in [1.82, 2.24) is 4.57 Å². The summed E-state index contributed by atoms with van der Waals surface area (Å²) in [6, 6.07) is 64.1. The molecule has 0 saturated heterocycles. The van der Waals surface area contributed by atoms with Crippen LogP contribution in [0.15, 0.2) is 180 Å². The Morgan fingerprint density at radius 3 is 1.85 bits per heavy atom. The smallest absolute Gasteiger partial charge is 0.143 e. The molecule has 0 atom stereocenters. The van der Waals surface area contributed by atoms with Gasteiger partial charge in [0.25, 0.3) is 0 Å². The molecule has 0 spiro atoms. The Kier molecular flexibility index (Phi) is 7.58. The molecule has 0 unspecified atom stereocenters. The zero-order valence-electron chi connectivity index (χ0n) is 30.7. The van der Waals surface area contributed by atoms with Crippen molar-refractivity contribution in [3.63, 3.8) is 0 Å². The molecule has 0 radical (unpaired) electrons. The van der Waals surface area contributed by atoms with Gasteiger partial charge in [0.2, 0.25) is 0 Å². The van der Waals surface area contributed by atoms with E-state index in [1.165, 1.54) is 81.4 Å². The number of benzene rings is 8. The molecule has 264 valence electrons. The number of hydrogen-bond donors (Lipinski definition) is 0. The second kappa shape index (κ2) is 13.1. The van der Waals surface area contributed by atoms with Gasteiger partial charge in [-0.25, -0.2) is 0 Å². The topological polar surface area (TPSA) is 21.3 Å². The molecule has 1 aliphatic rings. The molecule has 0 amide bonds. The number of fused-ring (bicyclic) bond motifs is 8. The molecule has 2 aromatic heterocycles. The van der Waals surface area contributed by atoms with Crippen molar-refractivity contribution in [2.75, 3.05) is 4.90 Å². The van der Waals surface area contributed by atoms with Crippen molar-refractivity contribution < 1.29 is 4.42 Å². The van der Waals surface area contributed by atoms with Crippen LogP contribution in [-0.4, -0.2) is 4.57 Å². The van der Waals surface area contributed by atoms with Crippen LogP contribution in [0, 0.1) is 0 Å². The minimum absolute atomic E-state index is 0.553. The van der Waals surface area contributed by atoms with Crippen LogP contribution < -0.4 is 4.90 Å². The highest BCUT2D eigenvalue weighted by Crippen LogP contribution is 2.47. The molecule has 2 heterocycles. The summed E-state index contributed by atoms with van der Waals surface area (Å²) >= 11 is 0. The minimum Gasteiger partial charge on any atom is -0.455 e. The van der Waals surface area contributed by atoms with Gasteiger partial charge in [-0.2, -0.15) is 0 Å². The standard InChI is InChI=1S/C52H40N2O/c1-3-15-35(16-4-1)36-29-31-38(32-30-36)53(39-19-13-20-40(33-39)54-47-26-11-9-21-42(47)43-22-10-12-27-48(43)54)49-34-46-51-41(37-17-5-2-6-18-37)25-14-28-50(51)55-52(46)45-24-8-7-23-44(45)49/h1,3-4,7-16,19-34,37H,2,5-6,17-18H2. The Morgan fingerprint density at radius 1 is 0.473 bits per heavy atom. The summed E-state index contributed by atoms with van der Waals surface area (Å²) in [4.78, 5) is 2.45. The monoisotopic (exact) mass is 708 g/mol. The summed E-state index contributed by atoms with van der Waals surface area (Å²) in [6.45, 7) is 0. The number of aromatic nitrogens is 1. The first-order chi connectivity index (χ1) is 27.3. The third-order valence-corrected chi connectivity index (χ3v) is 12.0. The summed E-state index contributed by atoms with van der Waals surface area (Å²) in [5.74, 6) is 0.553. The van der Waals surface area contributed by atoms with Gasteiger partial charge in [0.05, 0.1) is 16.7 Å². The highest BCUT2D eigenvalue weighted by Gasteiger charge is 2.25. The zero-order valence-corrected chi connectivity index (χ0v) is 30.7. The lowest BCUT2D eigenvalue weighted by atomic mass is 9.82. The fourth-order valence-electron chi connectivity index (χ4n) is 9.43. The Morgan fingerprint density at radius 2 is 1.11 bits per heavy atom. The Labute approximate surface area is 320 Å². The van der Waals surface area contributed by atoms with Crippen molar-refractivity contribution in [3.05, 3.63) is 181 Å². The quantitative estimate of drug-likeness (QED) is 0.171. The van der Waals surface area contributed by atoms with Crippen molar-refractivity contribution in [3.8, 4) is 16.8 Å². The van der Waals surface area contributed by atoms with Gasteiger partial charge in [-0.3, -0.25) is 0 Å². The number of nitrogens with zero attached hydrogens (tertiary/aromatic N) is 2. The van der Waals surface area contributed by atoms with E-state index in [0.717, 1.165) is 44.7 Å². The second-order valence-corrected chi connectivity index (χ2v) is 15.1. The average Bonchev–Trinajstić information content (AvgIpc) is 3.81. The average molecular weight is 709 g/mol. The van der Waals surface area contributed by atoms with Gasteiger partial charge in [0, 0.05) is 49.4 Å². The normalized spacial score (nSPS) is 13.7. The van der Waals surface area contributed by atoms with Crippen molar-refractivity contribution in [2.45, 2.75) is 38.0 Å². The zero-order chi connectivity index (χ0) is 36.3. The van der Waals surface area contributed by atoms with E-state index in [4.69, 9.17) is 4.42 Å². The number of hydrogen-bond acceptors (Lipinski definition) is 2. The van der Waals surface area contributed by atoms with E-state index < -0.39 is 0 Å². The van der Waals surface area contributed by atoms with Crippen molar-refractivity contribution >= 4 is 71.6 Å². The molecule has 55 heavy (non-hydrogen) atoms. The summed E-state index contributed by atoms with van der Waals surface area (Å²) in [6.07, 6.45) is 6.39. The molecule has 1 aliphatic carbocycles. The van der Waals surface area contributed by atoms with Crippen LogP contribution in [0.2, 0.25) is 0 Å². The lowest BCUT2D eigenvalue weighted by Crippen LogP contribution is -2.11. The molecule has 0 aliphatic heterocycles. The molecule has 1 fully saturated rings. The number of para-hydroxylation sites is 2.